The third-order valence-electron chi connectivity index (χ3n) is 1.50. The summed E-state index contributed by atoms with van der Waals surface area (Å²) in [5.74, 6) is 0.968. The molecule has 0 amide bonds. The average molecular weight is 285 g/mol. The van der Waals surface area contributed by atoms with Gasteiger partial charge in [-0.1, -0.05) is 0 Å². The summed E-state index contributed by atoms with van der Waals surface area (Å²) >= 11 is 3.54. The molecule has 13 heavy (non-hydrogen) atoms. The molecule has 1 unspecified atom stereocenters. The molecule has 1 heterocycles. The Bertz CT molecular complexity index is 241. The zero-order chi connectivity index (χ0) is 9.19. The quantitative estimate of drug-likeness (QED) is 0.270. The van der Waals surface area contributed by atoms with Crippen LogP contribution in [0, 0.1) is 0 Å². The summed E-state index contributed by atoms with van der Waals surface area (Å²) in [6.45, 7) is 2.07. The molecule has 1 aliphatic rings. The predicted octanol–water partition coefficient (Wildman–Crippen LogP) is -1.68. The lowest BCUT2D eigenvalue weighted by molar-refractivity contribution is -0.458. The van der Waals surface area contributed by atoms with Crippen molar-refractivity contribution in [2.45, 2.75) is 11.7 Å². The molecular formula is C7H13BrN2OS2. The number of rotatable bonds is 1. The van der Waals surface area contributed by atoms with Crippen LogP contribution in [0.15, 0.2) is 5.16 Å². The van der Waals surface area contributed by atoms with E-state index < -0.39 is 0 Å². The second-order valence-electron chi connectivity index (χ2n) is 3.11. The highest BCUT2D eigenvalue weighted by atomic mass is 79.9. The van der Waals surface area contributed by atoms with Crippen LogP contribution in [0.4, 0.5) is 0 Å². The predicted molar refractivity (Wildman–Crippen MR) is 55.8 cm³/mol. The van der Waals surface area contributed by atoms with Crippen molar-refractivity contribution < 1.29 is 26.8 Å². The molecule has 1 N–H and O–H groups in total. The van der Waals surface area contributed by atoms with E-state index in [4.69, 9.17) is 5.21 Å². The van der Waals surface area contributed by atoms with E-state index in [2.05, 4.69) is 16.7 Å². The summed E-state index contributed by atoms with van der Waals surface area (Å²) in [6.07, 6.45) is 1.60. The number of halogens is 1. The largest absolute Gasteiger partial charge is 1.00 e. The molecule has 0 bridgehead atoms. The lowest BCUT2D eigenvalue weighted by atomic mass is 10.2. The normalized spacial score (nSPS) is 27.8. The maximum atomic E-state index is 8.44. The van der Waals surface area contributed by atoms with E-state index in [0.29, 0.717) is 0 Å². The molecule has 6 heteroatoms. The van der Waals surface area contributed by atoms with Gasteiger partial charge in [0.1, 0.15) is 14.1 Å². The van der Waals surface area contributed by atoms with E-state index in [0.717, 1.165) is 5.75 Å². The van der Waals surface area contributed by atoms with Crippen molar-refractivity contribution in [1.82, 2.24) is 0 Å². The summed E-state index contributed by atoms with van der Waals surface area (Å²) in [5.41, 5.74) is 0. The highest BCUT2D eigenvalue weighted by Gasteiger charge is 2.37. The first-order chi connectivity index (χ1) is 5.57. The van der Waals surface area contributed by atoms with E-state index in [1.165, 1.54) is 4.38 Å². The lowest BCUT2D eigenvalue weighted by Crippen LogP contribution is -3.00. The van der Waals surface area contributed by atoms with Crippen molar-refractivity contribution >= 4 is 34.1 Å². The first kappa shape index (κ1) is 13.3. The molecule has 0 saturated carbocycles. The Labute approximate surface area is 97.4 Å². The van der Waals surface area contributed by atoms with Gasteiger partial charge in [0.2, 0.25) is 0 Å². The Morgan fingerprint density at radius 1 is 1.62 bits per heavy atom. The number of nitrogens with zero attached hydrogens (tertiary/aromatic N) is 2. The Hall–Kier alpha value is 0.320. The van der Waals surface area contributed by atoms with Crippen LogP contribution < -0.4 is 17.0 Å². The number of hydrogen-bond acceptors (Lipinski definition) is 4. The molecule has 1 rings (SSSR count). The van der Waals surface area contributed by atoms with E-state index in [1.54, 1.807) is 29.7 Å². The Balaban J connectivity index is 0.00000144. The lowest BCUT2D eigenvalue weighted by Gasteiger charge is -2.10. The van der Waals surface area contributed by atoms with Crippen LogP contribution in [0.1, 0.15) is 6.92 Å². The van der Waals surface area contributed by atoms with Crippen molar-refractivity contribution in [3.05, 3.63) is 0 Å². The van der Waals surface area contributed by atoms with Gasteiger partial charge >= 0.3 is 0 Å². The average Bonchev–Trinajstić information content (AvgIpc) is 2.33. The molecule has 0 aromatic carbocycles. The minimum atomic E-state index is -0.0426. The zero-order valence-electron chi connectivity index (χ0n) is 7.82. The Kier molecular flexibility index (Phi) is 5.39. The van der Waals surface area contributed by atoms with Gasteiger partial charge in [0.25, 0.3) is 4.38 Å². The van der Waals surface area contributed by atoms with Gasteiger partial charge in [-0.15, -0.1) is 5.16 Å². The Morgan fingerprint density at radius 3 is 2.62 bits per heavy atom. The highest BCUT2D eigenvalue weighted by molar-refractivity contribution is 8.42. The maximum Gasteiger partial charge on any atom is 0.270 e. The molecule has 0 aromatic heterocycles. The van der Waals surface area contributed by atoms with Crippen LogP contribution in [0.25, 0.3) is 0 Å². The van der Waals surface area contributed by atoms with Gasteiger partial charge in [0.05, 0.1) is 11.0 Å². The van der Waals surface area contributed by atoms with Gasteiger partial charge in [0.15, 0.2) is 0 Å². The van der Waals surface area contributed by atoms with Crippen molar-refractivity contribution in [2.75, 3.05) is 19.8 Å². The molecule has 1 saturated heterocycles. The van der Waals surface area contributed by atoms with Crippen LogP contribution in [-0.2, 0) is 0 Å². The first-order valence-electron chi connectivity index (χ1n) is 3.62. The Morgan fingerprint density at radius 2 is 2.23 bits per heavy atom. The smallest absolute Gasteiger partial charge is 0.270 e. The molecule has 1 aliphatic heterocycles. The molecule has 0 radical (unpaired) electrons. The van der Waals surface area contributed by atoms with E-state index in [1.807, 2.05) is 14.1 Å². The number of thioether (sulfide) groups is 2. The van der Waals surface area contributed by atoms with Crippen molar-refractivity contribution in [2.24, 2.45) is 5.16 Å². The van der Waals surface area contributed by atoms with Gasteiger partial charge in [-0.3, -0.25) is 0 Å². The van der Waals surface area contributed by atoms with Gasteiger partial charge in [-0.2, -0.15) is 0 Å². The van der Waals surface area contributed by atoms with E-state index in [9.17, 15) is 0 Å². The minimum absolute atomic E-state index is 0. The fourth-order valence-corrected chi connectivity index (χ4v) is 3.69. The highest BCUT2D eigenvalue weighted by Crippen LogP contribution is 2.40. The van der Waals surface area contributed by atoms with Crippen LogP contribution in [0.2, 0.25) is 0 Å². The van der Waals surface area contributed by atoms with Crippen molar-refractivity contribution in [3.63, 3.8) is 0 Å². The second-order valence-corrected chi connectivity index (χ2v) is 5.85. The fourth-order valence-electron chi connectivity index (χ4n) is 0.870. The second kappa shape index (κ2) is 5.26. The van der Waals surface area contributed by atoms with Crippen LogP contribution in [0.5, 0.6) is 0 Å². The molecule has 1 fully saturated rings. The number of hydrogen-bond donors (Lipinski definition) is 1. The monoisotopic (exact) mass is 284 g/mol. The standard InChI is InChI=1S/C7H12N2OS2.BrH/c1-7(4-8-10)5-11-6(12-7)9(2)3;/h4H,5H2,1-3H3;1H. The maximum absolute atomic E-state index is 8.44. The molecule has 3 nitrogen and oxygen atoms in total. The van der Waals surface area contributed by atoms with Gasteiger partial charge in [0, 0.05) is 5.75 Å². The van der Waals surface area contributed by atoms with Crippen LogP contribution in [-0.4, -0.2) is 45.0 Å². The minimum Gasteiger partial charge on any atom is -1.00 e. The number of oxime groups is 1. The van der Waals surface area contributed by atoms with Crippen molar-refractivity contribution in [3.8, 4) is 0 Å². The first-order valence-corrected chi connectivity index (χ1v) is 5.42. The van der Waals surface area contributed by atoms with Crippen LogP contribution >= 0.6 is 23.5 Å². The molecule has 76 valence electrons. The topological polar surface area (TPSA) is 35.6 Å². The molecule has 0 aromatic rings. The zero-order valence-corrected chi connectivity index (χ0v) is 11.0. The van der Waals surface area contributed by atoms with Gasteiger partial charge in [-0.05, 0) is 30.4 Å². The SMILES string of the molecule is C[N+](C)=C1SCC(C)(C=NO)S1.[Br-]. The van der Waals surface area contributed by atoms with Crippen LogP contribution in [0.3, 0.4) is 0 Å². The van der Waals surface area contributed by atoms with Gasteiger partial charge in [-0.25, -0.2) is 4.58 Å². The van der Waals surface area contributed by atoms with Crippen molar-refractivity contribution in [1.29, 1.82) is 0 Å². The summed E-state index contributed by atoms with van der Waals surface area (Å²) in [6, 6.07) is 0. The third-order valence-corrected chi connectivity index (χ3v) is 4.90. The third kappa shape index (κ3) is 3.52. The summed E-state index contributed by atoms with van der Waals surface area (Å²) in [7, 11) is 4.05. The fraction of sp³-hybridized carbons (Fsp3) is 0.714. The summed E-state index contributed by atoms with van der Waals surface area (Å²) in [4.78, 5) is 0. The van der Waals surface area contributed by atoms with E-state index in [-0.39, 0.29) is 21.7 Å². The summed E-state index contributed by atoms with van der Waals surface area (Å²) < 4.78 is 3.32. The molecule has 0 aliphatic carbocycles. The molecule has 1 atom stereocenters. The van der Waals surface area contributed by atoms with E-state index >= 15 is 0 Å². The molecule has 0 spiro atoms. The molecular weight excluding hydrogens is 272 g/mol. The summed E-state index contributed by atoms with van der Waals surface area (Å²) in [5, 5.41) is 11.5. The van der Waals surface area contributed by atoms with Gasteiger partial charge < -0.3 is 22.2 Å².